The van der Waals surface area contributed by atoms with Crippen molar-refractivity contribution in [2.75, 3.05) is 6.61 Å². The van der Waals surface area contributed by atoms with Gasteiger partial charge >= 0.3 is 23.9 Å². The topological polar surface area (TPSA) is 131 Å². The molecule has 1 rings (SSSR count). The Hall–Kier alpha value is -2.94. The Morgan fingerprint density at radius 1 is 0.833 bits per heavy atom. The number of hydrogen-bond donors (Lipinski definition) is 1. The van der Waals surface area contributed by atoms with E-state index in [-0.39, 0.29) is 49.8 Å². The molecule has 0 saturated heterocycles. The average molecular weight is 508 g/mol. The normalized spacial score (nSPS) is 12.4. The third kappa shape index (κ3) is 12.7. The first-order chi connectivity index (χ1) is 17.2. The lowest BCUT2D eigenvalue weighted by molar-refractivity contribution is -0.158. The molecule has 0 unspecified atom stereocenters. The van der Waals surface area contributed by atoms with Gasteiger partial charge in [0.2, 0.25) is 0 Å². The maximum atomic E-state index is 12.3. The lowest BCUT2D eigenvalue weighted by Gasteiger charge is -2.16. The Balaban J connectivity index is 2.85. The molecule has 0 fully saturated rings. The molecule has 0 heterocycles. The van der Waals surface area contributed by atoms with E-state index in [2.05, 4.69) is 0 Å². The Kier molecular flexibility index (Phi) is 15.1. The molecule has 1 aromatic carbocycles. The summed E-state index contributed by atoms with van der Waals surface area (Å²) in [6.07, 6.45) is 5.45. The molecule has 9 heteroatoms. The van der Waals surface area contributed by atoms with E-state index in [0.717, 1.165) is 25.7 Å². The summed E-state index contributed by atoms with van der Waals surface area (Å²) in [6, 6.07) is 3.74. The van der Waals surface area contributed by atoms with E-state index in [1.54, 1.807) is 26.0 Å². The molecule has 0 amide bonds. The Morgan fingerprint density at radius 3 is 1.97 bits per heavy atom. The third-order valence-corrected chi connectivity index (χ3v) is 5.26. The first kappa shape index (κ1) is 31.1. The zero-order valence-electron chi connectivity index (χ0n) is 22.0. The predicted molar refractivity (Wildman–Crippen MR) is 134 cm³/mol. The van der Waals surface area contributed by atoms with Gasteiger partial charge < -0.3 is 24.7 Å². The van der Waals surface area contributed by atoms with Crippen LogP contribution in [-0.2, 0) is 35.1 Å². The number of nitrogens with two attached hydrogens (primary N) is 1. The van der Waals surface area contributed by atoms with Gasteiger partial charge in [0.15, 0.2) is 11.5 Å². The molecule has 0 aliphatic carbocycles. The van der Waals surface area contributed by atoms with Gasteiger partial charge in [0.05, 0.1) is 0 Å². The maximum Gasteiger partial charge on any atom is 0.323 e. The number of ether oxygens (including phenoxy) is 4. The smallest absolute Gasteiger partial charge is 0.323 e. The standard InChI is InChI=1S/C27H41NO8/c1-5-8-10-12-25(30)35-22-15-14-20(17-23(22)36-26(31)13-11-9-6-2)16-21(28)27(32)33-18-19(4)34-24(29)7-3/h14-15,17,19,21H,5-13,16,18,28H2,1-4H3/t19-,21-/m0/s1. The van der Waals surface area contributed by atoms with Crippen LogP contribution in [0.2, 0.25) is 0 Å². The second-order valence-corrected chi connectivity index (χ2v) is 8.74. The number of esters is 4. The number of benzene rings is 1. The van der Waals surface area contributed by atoms with Gasteiger partial charge in [-0.3, -0.25) is 19.2 Å². The van der Waals surface area contributed by atoms with E-state index in [9.17, 15) is 19.2 Å². The molecule has 202 valence electrons. The molecule has 0 aromatic heterocycles. The van der Waals surface area contributed by atoms with Crippen LogP contribution in [0.25, 0.3) is 0 Å². The molecule has 0 radical (unpaired) electrons. The Labute approximate surface area is 214 Å². The number of carbonyl (C=O) groups is 4. The minimum atomic E-state index is -0.991. The van der Waals surface area contributed by atoms with Crippen LogP contribution in [-0.4, -0.2) is 42.6 Å². The van der Waals surface area contributed by atoms with Crippen LogP contribution in [0.5, 0.6) is 11.5 Å². The summed E-state index contributed by atoms with van der Waals surface area (Å²) in [7, 11) is 0. The summed E-state index contributed by atoms with van der Waals surface area (Å²) >= 11 is 0. The van der Waals surface area contributed by atoms with Crippen molar-refractivity contribution < 1.29 is 38.1 Å². The van der Waals surface area contributed by atoms with E-state index in [1.807, 2.05) is 13.8 Å². The molecule has 0 saturated carbocycles. The number of carbonyl (C=O) groups excluding carboxylic acids is 4. The quantitative estimate of drug-likeness (QED) is 0.185. The Morgan fingerprint density at radius 2 is 1.42 bits per heavy atom. The molecule has 9 nitrogen and oxygen atoms in total. The molecule has 36 heavy (non-hydrogen) atoms. The lowest BCUT2D eigenvalue weighted by atomic mass is 10.1. The minimum Gasteiger partial charge on any atom is -0.461 e. The van der Waals surface area contributed by atoms with E-state index in [1.165, 1.54) is 6.07 Å². The lowest BCUT2D eigenvalue weighted by Crippen LogP contribution is -2.36. The maximum absolute atomic E-state index is 12.3. The zero-order valence-corrected chi connectivity index (χ0v) is 22.0. The van der Waals surface area contributed by atoms with Gasteiger partial charge in [0, 0.05) is 19.3 Å². The van der Waals surface area contributed by atoms with Crippen LogP contribution in [0.3, 0.4) is 0 Å². The van der Waals surface area contributed by atoms with Gasteiger partial charge in [-0.2, -0.15) is 0 Å². The fourth-order valence-corrected chi connectivity index (χ4v) is 3.22. The molecule has 2 atom stereocenters. The molecule has 0 aliphatic rings. The highest BCUT2D eigenvalue weighted by Gasteiger charge is 2.20. The summed E-state index contributed by atoms with van der Waals surface area (Å²) < 4.78 is 21.2. The summed E-state index contributed by atoms with van der Waals surface area (Å²) in [6.45, 7) is 7.27. The average Bonchev–Trinajstić information content (AvgIpc) is 2.84. The second kappa shape index (κ2) is 17.5. The van der Waals surface area contributed by atoms with Gasteiger partial charge in [-0.15, -0.1) is 0 Å². The van der Waals surface area contributed by atoms with Crippen LogP contribution in [0, 0.1) is 0 Å². The molecule has 2 N–H and O–H groups in total. The Bertz CT molecular complexity index is 854. The summed E-state index contributed by atoms with van der Waals surface area (Å²) in [5.41, 5.74) is 6.61. The van der Waals surface area contributed by atoms with E-state index >= 15 is 0 Å². The third-order valence-electron chi connectivity index (χ3n) is 5.26. The van der Waals surface area contributed by atoms with Crippen LogP contribution < -0.4 is 15.2 Å². The first-order valence-corrected chi connectivity index (χ1v) is 12.9. The predicted octanol–water partition coefficient (Wildman–Crippen LogP) is 4.41. The van der Waals surface area contributed by atoms with Crippen LogP contribution in [0.4, 0.5) is 0 Å². The highest BCUT2D eigenvalue weighted by Crippen LogP contribution is 2.30. The van der Waals surface area contributed by atoms with E-state index in [0.29, 0.717) is 18.4 Å². The van der Waals surface area contributed by atoms with Gasteiger partial charge in [-0.25, -0.2) is 0 Å². The van der Waals surface area contributed by atoms with Crippen molar-refractivity contribution in [1.82, 2.24) is 0 Å². The van der Waals surface area contributed by atoms with Gasteiger partial charge in [-0.1, -0.05) is 52.5 Å². The van der Waals surface area contributed by atoms with Crippen molar-refractivity contribution in [2.45, 2.75) is 104 Å². The van der Waals surface area contributed by atoms with Crippen molar-refractivity contribution in [1.29, 1.82) is 0 Å². The largest absolute Gasteiger partial charge is 0.461 e. The molecular weight excluding hydrogens is 466 g/mol. The highest BCUT2D eigenvalue weighted by molar-refractivity contribution is 5.77. The number of unbranched alkanes of at least 4 members (excludes halogenated alkanes) is 4. The fourth-order valence-electron chi connectivity index (χ4n) is 3.22. The van der Waals surface area contributed by atoms with Crippen LogP contribution in [0.15, 0.2) is 18.2 Å². The van der Waals surface area contributed by atoms with E-state index in [4.69, 9.17) is 24.7 Å². The van der Waals surface area contributed by atoms with Crippen molar-refractivity contribution in [3.05, 3.63) is 23.8 Å². The minimum absolute atomic E-state index is 0.104. The van der Waals surface area contributed by atoms with Gasteiger partial charge in [0.25, 0.3) is 0 Å². The summed E-state index contributed by atoms with van der Waals surface area (Å²) in [5.74, 6) is -1.61. The van der Waals surface area contributed by atoms with E-state index < -0.39 is 30.1 Å². The fraction of sp³-hybridized carbons (Fsp3) is 0.630. The first-order valence-electron chi connectivity index (χ1n) is 12.9. The number of hydrogen-bond acceptors (Lipinski definition) is 9. The van der Waals surface area contributed by atoms with Crippen LogP contribution in [0.1, 0.15) is 91.0 Å². The molecule has 0 bridgehead atoms. The van der Waals surface area contributed by atoms with Gasteiger partial charge in [-0.05, 0) is 43.9 Å². The highest BCUT2D eigenvalue weighted by atomic mass is 16.6. The monoisotopic (exact) mass is 507 g/mol. The molecule has 0 spiro atoms. The van der Waals surface area contributed by atoms with Gasteiger partial charge in [0.1, 0.15) is 18.8 Å². The molecule has 0 aliphatic heterocycles. The zero-order chi connectivity index (χ0) is 26.9. The summed E-state index contributed by atoms with van der Waals surface area (Å²) in [4.78, 5) is 48.2. The SMILES string of the molecule is CCCCCC(=O)Oc1ccc(C[C@H](N)C(=O)OC[C@H](C)OC(=O)CC)cc1OC(=O)CCCCC. The number of rotatable bonds is 17. The van der Waals surface area contributed by atoms with Crippen LogP contribution >= 0.6 is 0 Å². The van der Waals surface area contributed by atoms with Crippen molar-refractivity contribution in [2.24, 2.45) is 5.73 Å². The van der Waals surface area contributed by atoms with Crippen molar-refractivity contribution in [3.8, 4) is 11.5 Å². The van der Waals surface area contributed by atoms with Crippen molar-refractivity contribution >= 4 is 23.9 Å². The summed E-state index contributed by atoms with van der Waals surface area (Å²) in [5, 5.41) is 0. The molecule has 1 aromatic rings. The second-order valence-electron chi connectivity index (χ2n) is 8.74. The molecular formula is C27H41NO8. The van der Waals surface area contributed by atoms with Crippen molar-refractivity contribution in [3.63, 3.8) is 0 Å².